The standard InChI is InChI=1S/C17H25N5O3/c1-13(16-18-3-2-4-19-16)20-17(24)14-11-15(23)22(12-14)6-5-21-7-9-25-10-8-21/h2-4,13-14H,5-12H2,1H3,(H,20,24). The van der Waals surface area contributed by atoms with Crippen molar-refractivity contribution >= 4 is 11.8 Å². The fourth-order valence-electron chi connectivity index (χ4n) is 3.18. The molecule has 2 atom stereocenters. The minimum Gasteiger partial charge on any atom is -0.379 e. The third-order valence-electron chi connectivity index (χ3n) is 4.71. The van der Waals surface area contributed by atoms with E-state index in [9.17, 15) is 9.59 Å². The molecule has 2 amide bonds. The zero-order valence-corrected chi connectivity index (χ0v) is 14.6. The van der Waals surface area contributed by atoms with E-state index in [1.807, 2.05) is 6.92 Å². The smallest absolute Gasteiger partial charge is 0.226 e. The van der Waals surface area contributed by atoms with Gasteiger partial charge in [0.1, 0.15) is 5.82 Å². The Labute approximate surface area is 147 Å². The molecule has 1 aromatic heterocycles. The van der Waals surface area contributed by atoms with Crippen LogP contribution in [0.5, 0.6) is 0 Å². The van der Waals surface area contributed by atoms with E-state index in [1.54, 1.807) is 23.4 Å². The quantitative estimate of drug-likeness (QED) is 0.769. The molecule has 0 aliphatic carbocycles. The highest BCUT2D eigenvalue weighted by atomic mass is 16.5. The van der Waals surface area contributed by atoms with Gasteiger partial charge in [-0.3, -0.25) is 14.5 Å². The first kappa shape index (κ1) is 17.8. The van der Waals surface area contributed by atoms with E-state index in [2.05, 4.69) is 20.2 Å². The molecule has 0 radical (unpaired) electrons. The van der Waals surface area contributed by atoms with Crippen LogP contribution in [0.3, 0.4) is 0 Å². The molecular formula is C17H25N5O3. The lowest BCUT2D eigenvalue weighted by atomic mass is 10.1. The number of carbonyl (C=O) groups excluding carboxylic acids is 2. The molecule has 2 aliphatic rings. The van der Waals surface area contributed by atoms with Gasteiger partial charge in [0.05, 0.1) is 25.2 Å². The molecule has 0 bridgehead atoms. The summed E-state index contributed by atoms with van der Waals surface area (Å²) in [6, 6.07) is 1.46. The summed E-state index contributed by atoms with van der Waals surface area (Å²) in [6.07, 6.45) is 3.58. The van der Waals surface area contributed by atoms with Crippen molar-refractivity contribution in [2.45, 2.75) is 19.4 Å². The maximum Gasteiger partial charge on any atom is 0.226 e. The van der Waals surface area contributed by atoms with Gasteiger partial charge in [0, 0.05) is 51.5 Å². The van der Waals surface area contributed by atoms with Gasteiger partial charge >= 0.3 is 0 Å². The lowest BCUT2D eigenvalue weighted by molar-refractivity contribution is -0.129. The van der Waals surface area contributed by atoms with E-state index in [-0.39, 0.29) is 30.2 Å². The Bertz CT molecular complexity index is 591. The van der Waals surface area contributed by atoms with Crippen LogP contribution in [-0.2, 0) is 14.3 Å². The molecule has 0 aromatic carbocycles. The van der Waals surface area contributed by atoms with Crippen LogP contribution in [0.2, 0.25) is 0 Å². The van der Waals surface area contributed by atoms with Crippen molar-refractivity contribution in [2.24, 2.45) is 5.92 Å². The Hall–Kier alpha value is -2.06. The summed E-state index contributed by atoms with van der Waals surface area (Å²) in [5.41, 5.74) is 0. The first-order chi connectivity index (χ1) is 12.1. The van der Waals surface area contributed by atoms with E-state index < -0.39 is 0 Å². The molecule has 1 aromatic rings. The van der Waals surface area contributed by atoms with Crippen molar-refractivity contribution < 1.29 is 14.3 Å². The Morgan fingerprint density at radius 3 is 2.76 bits per heavy atom. The van der Waals surface area contributed by atoms with Crippen LogP contribution in [0.1, 0.15) is 25.2 Å². The molecule has 3 rings (SSSR count). The Morgan fingerprint density at radius 2 is 2.04 bits per heavy atom. The molecule has 2 saturated heterocycles. The first-order valence-corrected chi connectivity index (χ1v) is 8.78. The normalized spacial score (nSPS) is 22.8. The molecule has 0 saturated carbocycles. The highest BCUT2D eigenvalue weighted by molar-refractivity contribution is 5.89. The molecule has 8 heteroatoms. The van der Waals surface area contributed by atoms with Crippen LogP contribution in [0.25, 0.3) is 0 Å². The Balaban J connectivity index is 1.47. The largest absolute Gasteiger partial charge is 0.379 e. The van der Waals surface area contributed by atoms with Crippen molar-refractivity contribution in [3.05, 3.63) is 24.3 Å². The van der Waals surface area contributed by atoms with E-state index in [1.165, 1.54) is 0 Å². The van der Waals surface area contributed by atoms with Crippen LogP contribution in [-0.4, -0.2) is 77.5 Å². The molecule has 2 fully saturated rings. The lowest BCUT2D eigenvalue weighted by Gasteiger charge is -2.28. The van der Waals surface area contributed by atoms with Crippen LogP contribution >= 0.6 is 0 Å². The van der Waals surface area contributed by atoms with Gasteiger partial charge in [0.2, 0.25) is 11.8 Å². The monoisotopic (exact) mass is 347 g/mol. The number of rotatable bonds is 6. The lowest BCUT2D eigenvalue weighted by Crippen LogP contribution is -2.42. The van der Waals surface area contributed by atoms with E-state index >= 15 is 0 Å². The van der Waals surface area contributed by atoms with Gasteiger partial charge in [-0.1, -0.05) is 0 Å². The minimum atomic E-state index is -0.302. The summed E-state index contributed by atoms with van der Waals surface area (Å²) in [5.74, 6) is 0.215. The molecule has 1 N–H and O–H groups in total. The maximum atomic E-state index is 12.5. The summed E-state index contributed by atoms with van der Waals surface area (Å²) >= 11 is 0. The number of carbonyl (C=O) groups is 2. The van der Waals surface area contributed by atoms with Crippen LogP contribution in [0.4, 0.5) is 0 Å². The summed E-state index contributed by atoms with van der Waals surface area (Å²) in [6.45, 7) is 7.13. The number of aromatic nitrogens is 2. The Kier molecular flexibility index (Phi) is 5.93. The SMILES string of the molecule is CC(NC(=O)C1CC(=O)N(CCN2CCOCC2)C1)c1ncccn1. The fourth-order valence-corrected chi connectivity index (χ4v) is 3.18. The molecule has 3 heterocycles. The second-order valence-electron chi connectivity index (χ2n) is 6.53. The summed E-state index contributed by atoms with van der Waals surface area (Å²) in [4.78, 5) is 37.0. The number of amides is 2. The maximum absolute atomic E-state index is 12.5. The van der Waals surface area contributed by atoms with E-state index in [0.717, 1.165) is 32.8 Å². The van der Waals surface area contributed by atoms with Crippen molar-refractivity contribution in [1.29, 1.82) is 0 Å². The van der Waals surface area contributed by atoms with Gasteiger partial charge in [0.25, 0.3) is 0 Å². The number of nitrogens with one attached hydrogen (secondary N) is 1. The van der Waals surface area contributed by atoms with Crippen LogP contribution in [0.15, 0.2) is 18.5 Å². The Morgan fingerprint density at radius 1 is 1.32 bits per heavy atom. The summed E-state index contributed by atoms with van der Waals surface area (Å²) in [7, 11) is 0. The fraction of sp³-hybridized carbons (Fsp3) is 0.647. The number of hydrogen-bond acceptors (Lipinski definition) is 6. The van der Waals surface area contributed by atoms with Crippen molar-refractivity contribution in [2.75, 3.05) is 45.9 Å². The molecule has 8 nitrogen and oxygen atoms in total. The molecular weight excluding hydrogens is 322 g/mol. The number of nitrogens with zero attached hydrogens (tertiary/aromatic N) is 4. The van der Waals surface area contributed by atoms with Gasteiger partial charge in [-0.15, -0.1) is 0 Å². The summed E-state index contributed by atoms with van der Waals surface area (Å²) < 4.78 is 5.33. The second-order valence-corrected chi connectivity index (χ2v) is 6.53. The molecule has 0 spiro atoms. The van der Waals surface area contributed by atoms with Gasteiger partial charge < -0.3 is 15.0 Å². The van der Waals surface area contributed by atoms with E-state index in [4.69, 9.17) is 4.74 Å². The van der Waals surface area contributed by atoms with Gasteiger partial charge in [0.15, 0.2) is 0 Å². The molecule has 136 valence electrons. The van der Waals surface area contributed by atoms with Crippen LogP contribution in [0, 0.1) is 5.92 Å². The third kappa shape index (κ3) is 4.73. The average Bonchev–Trinajstić information content (AvgIpc) is 3.02. The number of hydrogen-bond donors (Lipinski definition) is 1. The number of morpholine rings is 1. The zero-order chi connectivity index (χ0) is 17.6. The van der Waals surface area contributed by atoms with Crippen molar-refractivity contribution in [3.63, 3.8) is 0 Å². The average molecular weight is 347 g/mol. The number of likely N-dealkylation sites (tertiary alicyclic amines) is 1. The van der Waals surface area contributed by atoms with Crippen LogP contribution < -0.4 is 5.32 Å². The minimum absolute atomic E-state index is 0.0528. The van der Waals surface area contributed by atoms with Gasteiger partial charge in [-0.05, 0) is 13.0 Å². The molecule has 2 unspecified atom stereocenters. The highest BCUT2D eigenvalue weighted by Gasteiger charge is 2.34. The molecule has 25 heavy (non-hydrogen) atoms. The van der Waals surface area contributed by atoms with Crippen molar-refractivity contribution in [3.8, 4) is 0 Å². The number of ether oxygens (including phenoxy) is 1. The zero-order valence-electron chi connectivity index (χ0n) is 14.6. The van der Waals surface area contributed by atoms with Gasteiger partial charge in [-0.2, -0.15) is 0 Å². The predicted molar refractivity (Wildman–Crippen MR) is 90.5 cm³/mol. The van der Waals surface area contributed by atoms with Crippen molar-refractivity contribution in [1.82, 2.24) is 25.1 Å². The molecule has 2 aliphatic heterocycles. The first-order valence-electron chi connectivity index (χ1n) is 8.78. The highest BCUT2D eigenvalue weighted by Crippen LogP contribution is 2.19. The second kappa shape index (κ2) is 8.35. The topological polar surface area (TPSA) is 87.7 Å². The predicted octanol–water partition coefficient (Wildman–Crippen LogP) is -0.165. The van der Waals surface area contributed by atoms with E-state index in [0.29, 0.717) is 18.9 Å². The summed E-state index contributed by atoms with van der Waals surface area (Å²) in [5, 5.41) is 2.91. The van der Waals surface area contributed by atoms with Gasteiger partial charge in [-0.25, -0.2) is 9.97 Å². The third-order valence-corrected chi connectivity index (χ3v) is 4.71.